The normalized spacial score (nSPS) is 12.6. The van der Waals surface area contributed by atoms with E-state index in [0.29, 0.717) is 11.6 Å². The molecule has 5 heteroatoms. The van der Waals surface area contributed by atoms with Gasteiger partial charge in [-0.3, -0.25) is 9.69 Å². The van der Waals surface area contributed by atoms with E-state index in [1.54, 1.807) is 19.1 Å². The molecule has 0 radical (unpaired) electrons. The predicted octanol–water partition coefficient (Wildman–Crippen LogP) is -0.130. The van der Waals surface area contributed by atoms with Crippen LogP contribution in [-0.2, 0) is 4.79 Å². The van der Waals surface area contributed by atoms with E-state index in [1.165, 1.54) is 11.9 Å². The van der Waals surface area contributed by atoms with Crippen molar-refractivity contribution < 1.29 is 14.3 Å². The Kier molecular flexibility index (Phi) is 3.27. The number of hydrogen-bond donors (Lipinski definition) is 2. The largest absolute Gasteiger partial charge is 0.445 e. The Morgan fingerprint density at radius 3 is 2.79 bits per heavy atom. The lowest BCUT2D eigenvalue weighted by Gasteiger charge is -2.16. The summed E-state index contributed by atoms with van der Waals surface area (Å²) in [7, 11) is 1.53. The molecule has 1 heterocycles. The van der Waals surface area contributed by atoms with Crippen molar-refractivity contribution >= 4 is 11.8 Å². The first-order valence-electron chi connectivity index (χ1n) is 4.28. The molecule has 0 fully saturated rings. The van der Waals surface area contributed by atoms with Crippen LogP contribution in [0.1, 0.15) is 5.76 Å². The first-order valence-corrected chi connectivity index (χ1v) is 4.28. The SMILES string of the molecule is Cc1ccc(N(C)C(=O)C(O)CN)o1. The second-order valence-electron chi connectivity index (χ2n) is 3.03. The van der Waals surface area contributed by atoms with Gasteiger partial charge in [-0.1, -0.05) is 0 Å². The number of carbonyl (C=O) groups is 1. The number of furan rings is 1. The van der Waals surface area contributed by atoms with Gasteiger partial charge in [-0.2, -0.15) is 0 Å². The monoisotopic (exact) mass is 198 g/mol. The molecule has 0 bridgehead atoms. The smallest absolute Gasteiger partial charge is 0.259 e. The summed E-state index contributed by atoms with van der Waals surface area (Å²) in [6.07, 6.45) is -1.18. The molecule has 1 amide bonds. The van der Waals surface area contributed by atoms with Crippen molar-refractivity contribution in [1.82, 2.24) is 0 Å². The molecule has 1 atom stereocenters. The van der Waals surface area contributed by atoms with E-state index in [1.807, 2.05) is 0 Å². The van der Waals surface area contributed by atoms with E-state index in [4.69, 9.17) is 10.2 Å². The minimum atomic E-state index is -1.18. The highest BCUT2D eigenvalue weighted by molar-refractivity contribution is 5.94. The van der Waals surface area contributed by atoms with Gasteiger partial charge in [0.15, 0.2) is 0 Å². The summed E-state index contributed by atoms with van der Waals surface area (Å²) in [6, 6.07) is 3.41. The van der Waals surface area contributed by atoms with Gasteiger partial charge in [-0.05, 0) is 13.0 Å². The number of amides is 1. The van der Waals surface area contributed by atoms with Crippen LogP contribution in [0.4, 0.5) is 5.88 Å². The van der Waals surface area contributed by atoms with Gasteiger partial charge in [0.1, 0.15) is 11.9 Å². The molecule has 1 aromatic heterocycles. The summed E-state index contributed by atoms with van der Waals surface area (Å²) in [6.45, 7) is 1.68. The quantitative estimate of drug-likeness (QED) is 0.709. The Morgan fingerprint density at radius 2 is 2.36 bits per heavy atom. The van der Waals surface area contributed by atoms with Crippen molar-refractivity contribution in [2.75, 3.05) is 18.5 Å². The molecule has 0 aliphatic carbocycles. The van der Waals surface area contributed by atoms with Gasteiger partial charge in [0.05, 0.1) is 0 Å². The highest BCUT2D eigenvalue weighted by Gasteiger charge is 2.20. The maximum atomic E-state index is 11.4. The fourth-order valence-corrected chi connectivity index (χ4v) is 1.03. The lowest BCUT2D eigenvalue weighted by Crippen LogP contribution is -2.40. The molecule has 1 aromatic rings. The minimum absolute atomic E-state index is 0.0944. The number of aryl methyl sites for hydroxylation is 1. The summed E-state index contributed by atoms with van der Waals surface area (Å²) in [4.78, 5) is 12.7. The number of likely N-dealkylation sites (N-methyl/N-ethyl adjacent to an activating group) is 1. The zero-order valence-electron chi connectivity index (χ0n) is 8.23. The molecule has 0 saturated heterocycles. The molecule has 0 aliphatic heterocycles. The Hall–Kier alpha value is -1.33. The second-order valence-corrected chi connectivity index (χ2v) is 3.03. The van der Waals surface area contributed by atoms with Crippen molar-refractivity contribution in [2.24, 2.45) is 5.73 Å². The molecule has 0 spiro atoms. The van der Waals surface area contributed by atoms with E-state index >= 15 is 0 Å². The highest BCUT2D eigenvalue weighted by atomic mass is 16.4. The maximum Gasteiger partial charge on any atom is 0.259 e. The minimum Gasteiger partial charge on any atom is -0.445 e. The van der Waals surface area contributed by atoms with E-state index < -0.39 is 12.0 Å². The van der Waals surface area contributed by atoms with Crippen molar-refractivity contribution in [3.63, 3.8) is 0 Å². The summed E-state index contributed by atoms with van der Waals surface area (Å²) >= 11 is 0. The van der Waals surface area contributed by atoms with E-state index in [9.17, 15) is 9.90 Å². The zero-order valence-corrected chi connectivity index (χ0v) is 8.23. The second kappa shape index (κ2) is 4.26. The van der Waals surface area contributed by atoms with Crippen LogP contribution in [0, 0.1) is 6.92 Å². The molecule has 1 unspecified atom stereocenters. The number of nitrogens with two attached hydrogens (primary N) is 1. The van der Waals surface area contributed by atoms with Crippen LogP contribution in [0.15, 0.2) is 16.5 Å². The summed E-state index contributed by atoms with van der Waals surface area (Å²) < 4.78 is 5.21. The third-order valence-electron chi connectivity index (χ3n) is 1.90. The summed E-state index contributed by atoms with van der Waals surface area (Å²) in [5.41, 5.74) is 5.17. The Bertz CT molecular complexity index is 322. The Morgan fingerprint density at radius 1 is 1.71 bits per heavy atom. The first kappa shape index (κ1) is 10.7. The van der Waals surface area contributed by atoms with Gasteiger partial charge in [0, 0.05) is 19.7 Å². The first-order chi connectivity index (χ1) is 6.56. The van der Waals surface area contributed by atoms with Crippen LogP contribution in [0.3, 0.4) is 0 Å². The average Bonchev–Trinajstić information content (AvgIpc) is 2.61. The lowest BCUT2D eigenvalue weighted by atomic mass is 10.3. The van der Waals surface area contributed by atoms with Crippen molar-refractivity contribution in [2.45, 2.75) is 13.0 Å². The van der Waals surface area contributed by atoms with E-state index in [-0.39, 0.29) is 6.54 Å². The number of carbonyl (C=O) groups excluding carboxylic acids is 1. The van der Waals surface area contributed by atoms with Gasteiger partial charge < -0.3 is 15.3 Å². The number of hydrogen-bond acceptors (Lipinski definition) is 4. The van der Waals surface area contributed by atoms with Crippen LogP contribution in [0.5, 0.6) is 0 Å². The van der Waals surface area contributed by atoms with Gasteiger partial charge in [-0.25, -0.2) is 0 Å². The number of rotatable bonds is 3. The molecule has 0 aromatic carbocycles. The molecule has 0 saturated carbocycles. The number of anilines is 1. The topological polar surface area (TPSA) is 79.7 Å². The zero-order chi connectivity index (χ0) is 10.7. The lowest BCUT2D eigenvalue weighted by molar-refractivity contribution is -0.125. The third kappa shape index (κ3) is 2.12. The molecule has 1 rings (SSSR count). The molecule has 3 N–H and O–H groups in total. The van der Waals surface area contributed by atoms with Crippen LogP contribution < -0.4 is 10.6 Å². The Labute approximate surface area is 82.1 Å². The predicted molar refractivity (Wildman–Crippen MR) is 51.9 cm³/mol. The standard InChI is InChI=1S/C9H14N2O3/c1-6-3-4-8(14-6)11(2)9(13)7(12)5-10/h3-4,7,12H,5,10H2,1-2H3. The van der Waals surface area contributed by atoms with Crippen molar-refractivity contribution in [3.8, 4) is 0 Å². The van der Waals surface area contributed by atoms with Gasteiger partial charge in [0.25, 0.3) is 5.91 Å². The number of aliphatic hydroxyl groups is 1. The average molecular weight is 198 g/mol. The maximum absolute atomic E-state index is 11.4. The van der Waals surface area contributed by atoms with Crippen LogP contribution in [0.25, 0.3) is 0 Å². The van der Waals surface area contributed by atoms with E-state index in [0.717, 1.165) is 0 Å². The van der Waals surface area contributed by atoms with Crippen molar-refractivity contribution in [3.05, 3.63) is 17.9 Å². The molecule has 0 aliphatic rings. The van der Waals surface area contributed by atoms with Gasteiger partial charge in [0.2, 0.25) is 5.88 Å². The fraction of sp³-hybridized carbons (Fsp3) is 0.444. The molecule has 14 heavy (non-hydrogen) atoms. The fourth-order valence-electron chi connectivity index (χ4n) is 1.03. The van der Waals surface area contributed by atoms with Crippen LogP contribution >= 0.6 is 0 Å². The summed E-state index contributed by atoms with van der Waals surface area (Å²) in [5, 5.41) is 9.21. The molecule has 78 valence electrons. The van der Waals surface area contributed by atoms with Crippen molar-refractivity contribution in [1.29, 1.82) is 0 Å². The summed E-state index contributed by atoms with van der Waals surface area (Å²) in [5.74, 6) is 0.642. The Balaban J connectivity index is 2.75. The number of aliphatic hydroxyl groups excluding tert-OH is 1. The molecular weight excluding hydrogens is 184 g/mol. The van der Waals surface area contributed by atoms with Gasteiger partial charge in [-0.15, -0.1) is 0 Å². The molecule has 5 nitrogen and oxygen atoms in total. The highest BCUT2D eigenvalue weighted by Crippen LogP contribution is 2.16. The van der Waals surface area contributed by atoms with Gasteiger partial charge >= 0.3 is 0 Å². The van der Waals surface area contributed by atoms with E-state index in [2.05, 4.69) is 0 Å². The number of nitrogens with zero attached hydrogens (tertiary/aromatic N) is 1. The van der Waals surface area contributed by atoms with Crippen LogP contribution in [-0.4, -0.2) is 30.7 Å². The third-order valence-corrected chi connectivity index (χ3v) is 1.90. The van der Waals surface area contributed by atoms with Crippen LogP contribution in [0.2, 0.25) is 0 Å². The molecular formula is C9H14N2O3.